The number of nitrogens with one attached hydrogen (secondary N) is 2. The number of amides is 1. The Hall–Kier alpha value is -1.97. The van der Waals surface area contributed by atoms with Gasteiger partial charge in [0, 0.05) is 18.9 Å². The number of H-pyrrole nitrogens is 1. The predicted octanol–water partition coefficient (Wildman–Crippen LogP) is 1.54. The fraction of sp³-hybridized carbons (Fsp3) is 0.100. The zero-order valence-electron chi connectivity index (χ0n) is 7.49. The average molecular weight is 190 g/mol. The summed E-state index contributed by atoms with van der Waals surface area (Å²) in [5.74, 6) is -0.125. The number of furan rings is 1. The highest BCUT2D eigenvalue weighted by Gasteiger charge is 2.05. The van der Waals surface area contributed by atoms with E-state index in [2.05, 4.69) is 10.3 Å². The molecule has 4 heteroatoms. The fourth-order valence-electron chi connectivity index (χ4n) is 1.15. The van der Waals surface area contributed by atoms with Crippen LogP contribution in [0.4, 0.5) is 0 Å². The average Bonchev–Trinajstić information content (AvgIpc) is 2.87. The van der Waals surface area contributed by atoms with Gasteiger partial charge in [-0.2, -0.15) is 0 Å². The molecule has 0 atom stereocenters. The molecule has 4 nitrogen and oxygen atoms in total. The second kappa shape index (κ2) is 3.83. The minimum atomic E-state index is -0.125. The first-order valence-electron chi connectivity index (χ1n) is 4.28. The van der Waals surface area contributed by atoms with Crippen LogP contribution in [0.3, 0.4) is 0 Å². The summed E-state index contributed by atoms with van der Waals surface area (Å²) in [5.41, 5.74) is 1.59. The van der Waals surface area contributed by atoms with Gasteiger partial charge in [-0.05, 0) is 17.7 Å². The fourth-order valence-corrected chi connectivity index (χ4v) is 1.15. The van der Waals surface area contributed by atoms with Gasteiger partial charge < -0.3 is 14.7 Å². The van der Waals surface area contributed by atoms with Crippen molar-refractivity contribution in [3.05, 3.63) is 48.2 Å². The maximum Gasteiger partial charge on any atom is 0.254 e. The Bertz CT molecular complexity index is 390. The van der Waals surface area contributed by atoms with Crippen molar-refractivity contribution in [3.63, 3.8) is 0 Å². The number of carbonyl (C=O) groups excluding carboxylic acids is 1. The van der Waals surface area contributed by atoms with Gasteiger partial charge in [-0.3, -0.25) is 4.79 Å². The summed E-state index contributed by atoms with van der Waals surface area (Å²) in [6.45, 7) is 0.521. The molecule has 2 aromatic rings. The molecule has 0 aromatic carbocycles. The number of aromatic nitrogens is 1. The van der Waals surface area contributed by atoms with E-state index in [1.165, 1.54) is 12.5 Å². The summed E-state index contributed by atoms with van der Waals surface area (Å²) >= 11 is 0. The molecule has 2 rings (SSSR count). The zero-order valence-corrected chi connectivity index (χ0v) is 7.49. The number of aromatic amines is 1. The molecular formula is C10H10N2O2. The van der Waals surface area contributed by atoms with Gasteiger partial charge in [-0.1, -0.05) is 0 Å². The number of hydrogen-bond donors (Lipinski definition) is 2. The highest BCUT2D eigenvalue weighted by atomic mass is 16.3. The molecule has 0 unspecified atom stereocenters. The molecule has 2 heterocycles. The van der Waals surface area contributed by atoms with E-state index >= 15 is 0 Å². The highest BCUT2D eigenvalue weighted by molar-refractivity contribution is 5.93. The zero-order chi connectivity index (χ0) is 9.80. The van der Waals surface area contributed by atoms with Gasteiger partial charge in [-0.15, -0.1) is 0 Å². The molecule has 72 valence electrons. The SMILES string of the molecule is O=C(NCc1cc[nH]c1)c1ccoc1. The summed E-state index contributed by atoms with van der Waals surface area (Å²) in [5, 5.41) is 2.77. The van der Waals surface area contributed by atoms with Crippen molar-refractivity contribution in [1.29, 1.82) is 0 Å². The summed E-state index contributed by atoms with van der Waals surface area (Å²) in [7, 11) is 0. The Balaban J connectivity index is 1.90. The molecule has 0 aliphatic heterocycles. The first-order chi connectivity index (χ1) is 6.86. The third-order valence-corrected chi connectivity index (χ3v) is 1.90. The monoisotopic (exact) mass is 190 g/mol. The first kappa shape index (κ1) is 8.62. The van der Waals surface area contributed by atoms with Crippen LogP contribution in [0.25, 0.3) is 0 Å². The Kier molecular flexibility index (Phi) is 2.36. The van der Waals surface area contributed by atoms with Gasteiger partial charge in [0.1, 0.15) is 6.26 Å². The maximum absolute atomic E-state index is 11.4. The van der Waals surface area contributed by atoms with Crippen molar-refractivity contribution >= 4 is 5.91 Å². The molecule has 0 fully saturated rings. The second-order valence-corrected chi connectivity index (χ2v) is 2.91. The van der Waals surface area contributed by atoms with Crippen molar-refractivity contribution in [2.75, 3.05) is 0 Å². The van der Waals surface area contributed by atoms with E-state index in [1.807, 2.05) is 18.5 Å². The van der Waals surface area contributed by atoms with Crippen LogP contribution >= 0.6 is 0 Å². The first-order valence-corrected chi connectivity index (χ1v) is 4.28. The molecule has 0 aliphatic carbocycles. The Morgan fingerprint density at radius 3 is 3.07 bits per heavy atom. The van der Waals surface area contributed by atoms with Crippen LogP contribution in [0.2, 0.25) is 0 Å². The minimum absolute atomic E-state index is 0.125. The van der Waals surface area contributed by atoms with Crippen LogP contribution < -0.4 is 5.32 Å². The summed E-state index contributed by atoms with van der Waals surface area (Å²) in [6, 6.07) is 3.54. The van der Waals surface area contributed by atoms with Crippen LogP contribution in [0, 0.1) is 0 Å². The smallest absolute Gasteiger partial charge is 0.254 e. The van der Waals surface area contributed by atoms with E-state index in [9.17, 15) is 4.79 Å². The van der Waals surface area contributed by atoms with Gasteiger partial charge in [-0.25, -0.2) is 0 Å². The predicted molar refractivity (Wildman–Crippen MR) is 50.7 cm³/mol. The van der Waals surface area contributed by atoms with Gasteiger partial charge in [0.15, 0.2) is 0 Å². The van der Waals surface area contributed by atoms with E-state index in [1.54, 1.807) is 6.07 Å². The van der Waals surface area contributed by atoms with Crippen molar-refractivity contribution < 1.29 is 9.21 Å². The minimum Gasteiger partial charge on any atom is -0.472 e. The molecule has 2 aromatic heterocycles. The normalized spacial score (nSPS) is 10.0. The highest BCUT2D eigenvalue weighted by Crippen LogP contribution is 2.01. The van der Waals surface area contributed by atoms with E-state index in [0.29, 0.717) is 12.1 Å². The molecule has 2 N–H and O–H groups in total. The lowest BCUT2D eigenvalue weighted by Crippen LogP contribution is -2.21. The molecule has 0 aliphatic rings. The summed E-state index contributed by atoms with van der Waals surface area (Å²) in [6.07, 6.45) is 6.56. The summed E-state index contributed by atoms with van der Waals surface area (Å²) < 4.78 is 4.81. The second-order valence-electron chi connectivity index (χ2n) is 2.91. The number of hydrogen-bond acceptors (Lipinski definition) is 2. The third-order valence-electron chi connectivity index (χ3n) is 1.90. The van der Waals surface area contributed by atoms with Gasteiger partial charge in [0.2, 0.25) is 0 Å². The lowest BCUT2D eigenvalue weighted by molar-refractivity contribution is 0.0950. The van der Waals surface area contributed by atoms with Gasteiger partial charge >= 0.3 is 0 Å². The molecule has 14 heavy (non-hydrogen) atoms. The van der Waals surface area contributed by atoms with Crippen molar-refractivity contribution in [1.82, 2.24) is 10.3 Å². The van der Waals surface area contributed by atoms with E-state index in [4.69, 9.17) is 4.42 Å². The molecular weight excluding hydrogens is 180 g/mol. The number of carbonyl (C=O) groups is 1. The maximum atomic E-state index is 11.4. The Morgan fingerprint density at radius 1 is 1.50 bits per heavy atom. The van der Waals surface area contributed by atoms with Crippen LogP contribution in [0.1, 0.15) is 15.9 Å². The quantitative estimate of drug-likeness (QED) is 0.771. The molecule has 0 radical (unpaired) electrons. The van der Waals surface area contributed by atoms with E-state index in [-0.39, 0.29) is 5.91 Å². The Labute approximate surface area is 80.9 Å². The largest absolute Gasteiger partial charge is 0.472 e. The van der Waals surface area contributed by atoms with Gasteiger partial charge in [0.05, 0.1) is 11.8 Å². The molecule has 0 saturated heterocycles. The summed E-state index contributed by atoms with van der Waals surface area (Å²) in [4.78, 5) is 14.3. The standard InChI is InChI=1S/C10H10N2O2/c13-10(9-2-4-14-7-9)12-6-8-1-3-11-5-8/h1-5,7,11H,6H2,(H,12,13). The van der Waals surface area contributed by atoms with Crippen LogP contribution in [-0.2, 0) is 6.54 Å². The van der Waals surface area contributed by atoms with Crippen molar-refractivity contribution in [2.45, 2.75) is 6.54 Å². The molecule has 0 saturated carbocycles. The third kappa shape index (κ3) is 1.85. The molecule has 0 spiro atoms. The van der Waals surface area contributed by atoms with Crippen molar-refractivity contribution in [3.8, 4) is 0 Å². The lowest BCUT2D eigenvalue weighted by Gasteiger charge is -2.00. The van der Waals surface area contributed by atoms with Gasteiger partial charge in [0.25, 0.3) is 5.91 Å². The van der Waals surface area contributed by atoms with Crippen LogP contribution in [0.15, 0.2) is 41.5 Å². The topological polar surface area (TPSA) is 58.0 Å². The van der Waals surface area contributed by atoms with Crippen LogP contribution in [0.5, 0.6) is 0 Å². The molecule has 1 amide bonds. The number of rotatable bonds is 3. The Morgan fingerprint density at radius 2 is 2.43 bits per heavy atom. The lowest BCUT2D eigenvalue weighted by atomic mass is 10.3. The van der Waals surface area contributed by atoms with Crippen LogP contribution in [-0.4, -0.2) is 10.9 Å². The van der Waals surface area contributed by atoms with Crippen molar-refractivity contribution in [2.24, 2.45) is 0 Å². The molecule has 0 bridgehead atoms. The van der Waals surface area contributed by atoms with E-state index in [0.717, 1.165) is 5.56 Å². The van der Waals surface area contributed by atoms with E-state index < -0.39 is 0 Å².